The van der Waals surface area contributed by atoms with Crippen LogP contribution >= 0.6 is 46.2 Å². The molecule has 0 aliphatic carbocycles. The lowest BCUT2D eigenvalue weighted by atomic mass is 9.95. The number of hydrogen-bond donors (Lipinski definition) is 0. The van der Waals surface area contributed by atoms with Gasteiger partial charge in [0.25, 0.3) is 0 Å². The summed E-state index contributed by atoms with van der Waals surface area (Å²) in [6, 6.07) is 0. The lowest BCUT2D eigenvalue weighted by Crippen LogP contribution is -2.41. The second-order valence-corrected chi connectivity index (χ2v) is 11.8. The average Bonchev–Trinajstić information content (AvgIpc) is 3.11. The first-order valence-electron chi connectivity index (χ1n) is 9.38. The third-order valence-corrected chi connectivity index (χ3v) is 10.4. The van der Waals surface area contributed by atoms with Gasteiger partial charge in [0.1, 0.15) is 0 Å². The van der Waals surface area contributed by atoms with Crippen molar-refractivity contribution < 1.29 is 9.13 Å². The minimum Gasteiger partial charge on any atom is -0.141 e. The molecule has 1 aromatic carbocycles. The smallest absolute Gasteiger partial charge is 0.141 e. The van der Waals surface area contributed by atoms with Crippen LogP contribution in [0.3, 0.4) is 0 Å². The van der Waals surface area contributed by atoms with E-state index in [1.54, 1.807) is 0 Å². The number of thioether (sulfide) groups is 2. The minimum atomic E-state index is 1.35. The summed E-state index contributed by atoms with van der Waals surface area (Å²) in [5.41, 5.74) is 10.9. The Morgan fingerprint density at radius 2 is 0.893 bits per heavy atom. The number of thiazole rings is 2. The van der Waals surface area contributed by atoms with E-state index >= 15 is 0 Å². The van der Waals surface area contributed by atoms with Crippen LogP contribution < -0.4 is 9.13 Å². The molecule has 0 atom stereocenters. The van der Waals surface area contributed by atoms with Crippen molar-refractivity contribution in [1.82, 2.24) is 0 Å². The summed E-state index contributed by atoms with van der Waals surface area (Å²) >= 11 is 7.48. The van der Waals surface area contributed by atoms with Gasteiger partial charge in [-0.1, -0.05) is 22.7 Å². The van der Waals surface area contributed by atoms with Crippen LogP contribution in [0.2, 0.25) is 0 Å². The molecule has 0 N–H and O–H groups in total. The number of aromatic nitrogens is 2. The number of benzene rings is 1. The molecule has 0 fully saturated rings. The third-order valence-electron chi connectivity index (χ3n) is 5.88. The molecule has 2 heterocycles. The quantitative estimate of drug-likeness (QED) is 0.341. The van der Waals surface area contributed by atoms with E-state index in [4.69, 9.17) is 0 Å². The highest BCUT2D eigenvalue weighted by Crippen LogP contribution is 2.34. The normalized spacial score (nSPS) is 11.5. The van der Waals surface area contributed by atoms with Crippen LogP contribution in [-0.2, 0) is 0 Å². The van der Waals surface area contributed by atoms with Crippen molar-refractivity contribution in [3.8, 4) is 11.4 Å². The highest BCUT2D eigenvalue weighted by atomic mass is 32.2. The van der Waals surface area contributed by atoms with Crippen molar-refractivity contribution in [3.63, 3.8) is 0 Å². The van der Waals surface area contributed by atoms with E-state index in [2.05, 4.69) is 77.0 Å². The predicted molar refractivity (Wildman–Crippen MR) is 127 cm³/mol. The molecule has 0 amide bonds. The highest BCUT2D eigenvalue weighted by molar-refractivity contribution is 8.00. The van der Waals surface area contributed by atoms with Crippen LogP contribution in [0.5, 0.6) is 0 Å². The average molecular weight is 451 g/mol. The van der Waals surface area contributed by atoms with Gasteiger partial charge in [0.15, 0.2) is 11.4 Å². The van der Waals surface area contributed by atoms with E-state index in [0.29, 0.717) is 0 Å². The molecule has 0 aliphatic rings. The molecule has 6 heteroatoms. The van der Waals surface area contributed by atoms with E-state index in [9.17, 15) is 0 Å². The number of hydrogen-bond acceptors (Lipinski definition) is 4. The molecule has 0 bridgehead atoms. The first-order chi connectivity index (χ1) is 13.1. The van der Waals surface area contributed by atoms with Gasteiger partial charge < -0.3 is 0 Å². The van der Waals surface area contributed by atoms with Crippen molar-refractivity contribution in [1.29, 1.82) is 0 Å². The van der Waals surface area contributed by atoms with Crippen LogP contribution in [0.4, 0.5) is 0 Å². The Labute approximate surface area is 186 Å². The molecule has 3 aromatic rings. The van der Waals surface area contributed by atoms with Gasteiger partial charge in [0, 0.05) is 25.0 Å². The van der Waals surface area contributed by atoms with Crippen LogP contribution in [0, 0.1) is 55.4 Å². The van der Waals surface area contributed by atoms with Gasteiger partial charge in [-0.2, -0.15) is 0 Å². The van der Waals surface area contributed by atoms with E-state index in [-0.39, 0.29) is 0 Å². The summed E-state index contributed by atoms with van der Waals surface area (Å²) in [7, 11) is 0. The molecule has 2 nitrogen and oxygen atoms in total. The lowest BCUT2D eigenvalue weighted by molar-refractivity contribution is -0.644. The summed E-state index contributed by atoms with van der Waals surface area (Å²) in [6.07, 6.45) is 4.36. The summed E-state index contributed by atoms with van der Waals surface area (Å²) in [5.74, 6) is 0. The van der Waals surface area contributed by atoms with Gasteiger partial charge in [0.2, 0.25) is 11.4 Å². The molecule has 0 saturated carbocycles. The van der Waals surface area contributed by atoms with Crippen molar-refractivity contribution >= 4 is 46.2 Å². The Morgan fingerprint density at radius 3 is 1.21 bits per heavy atom. The second kappa shape index (κ2) is 8.13. The zero-order chi connectivity index (χ0) is 20.9. The second-order valence-electron chi connectivity index (χ2n) is 7.30. The molecule has 0 aliphatic heterocycles. The molecular formula is C22H30N2S4+2. The largest absolute Gasteiger partial charge is 0.303 e. The van der Waals surface area contributed by atoms with Crippen LogP contribution in [0.15, 0.2) is 8.68 Å². The van der Waals surface area contributed by atoms with Crippen molar-refractivity contribution in [2.24, 2.45) is 0 Å². The van der Waals surface area contributed by atoms with Crippen molar-refractivity contribution in [2.45, 2.75) is 64.1 Å². The van der Waals surface area contributed by atoms with E-state index in [1.807, 2.05) is 46.2 Å². The Balaban J connectivity index is 2.48. The Kier molecular flexibility index (Phi) is 6.35. The maximum absolute atomic E-state index is 2.49. The van der Waals surface area contributed by atoms with E-state index in [1.165, 1.54) is 63.5 Å². The Morgan fingerprint density at radius 1 is 0.536 bits per heavy atom. The molecule has 28 heavy (non-hydrogen) atoms. The molecule has 150 valence electrons. The number of aryl methyl sites for hydroxylation is 2. The van der Waals surface area contributed by atoms with E-state index in [0.717, 1.165) is 0 Å². The third kappa shape index (κ3) is 3.26. The van der Waals surface area contributed by atoms with Gasteiger partial charge in [0.05, 0.1) is 15.3 Å². The molecule has 0 radical (unpaired) electrons. The molecule has 3 rings (SSSR count). The van der Waals surface area contributed by atoms with Crippen molar-refractivity contribution in [3.05, 3.63) is 43.4 Å². The minimum absolute atomic E-state index is 1.35. The zero-order valence-electron chi connectivity index (χ0n) is 18.5. The molecule has 0 saturated heterocycles. The van der Waals surface area contributed by atoms with Gasteiger partial charge in [-0.3, -0.25) is 0 Å². The standard InChI is InChI=1S/C22H30N2S4/c1-11-12(2)19(23-15(5)17(7)27-21(23)25-9)14(4)20(13(11)3)24-16(6)18(8)28-22(24)26-10/h1-10H3/q+2. The highest BCUT2D eigenvalue weighted by Gasteiger charge is 2.35. The topological polar surface area (TPSA) is 7.76 Å². The lowest BCUT2D eigenvalue weighted by Gasteiger charge is -2.14. The SMILES string of the molecule is CSc1sc(C)c(C)[n+]1-c1c(C)c(C)c(C)c(-[n+]2c(SC)sc(C)c2C)c1C. The molecular weight excluding hydrogens is 421 g/mol. The fourth-order valence-electron chi connectivity index (χ4n) is 3.86. The molecule has 0 spiro atoms. The summed E-state index contributed by atoms with van der Waals surface area (Å²) < 4.78 is 7.67. The zero-order valence-corrected chi connectivity index (χ0v) is 21.8. The van der Waals surface area contributed by atoms with Gasteiger partial charge in [-0.05, 0) is 83.1 Å². The van der Waals surface area contributed by atoms with Gasteiger partial charge >= 0.3 is 8.68 Å². The maximum atomic E-state index is 2.49. The fourth-order valence-corrected chi connectivity index (χ4v) is 7.73. The Hall–Kier alpha value is -0.820. The first-order valence-corrected chi connectivity index (χ1v) is 13.5. The molecule has 2 aromatic heterocycles. The number of rotatable bonds is 4. The van der Waals surface area contributed by atoms with Gasteiger partial charge in [-0.25, -0.2) is 0 Å². The summed E-state index contributed by atoms with van der Waals surface area (Å²) in [6.45, 7) is 18.1. The number of nitrogens with zero attached hydrogens (tertiary/aromatic N) is 2. The van der Waals surface area contributed by atoms with Crippen LogP contribution in [0.25, 0.3) is 11.4 Å². The maximum Gasteiger partial charge on any atom is 0.303 e. The van der Waals surface area contributed by atoms with E-state index < -0.39 is 0 Å². The molecule has 0 unspecified atom stereocenters. The van der Waals surface area contributed by atoms with Gasteiger partial charge in [-0.15, -0.1) is 9.13 Å². The van der Waals surface area contributed by atoms with Crippen LogP contribution in [0.1, 0.15) is 43.4 Å². The monoisotopic (exact) mass is 450 g/mol. The first kappa shape index (κ1) is 21.9. The van der Waals surface area contributed by atoms with Crippen LogP contribution in [-0.4, -0.2) is 12.5 Å². The fraction of sp³-hybridized carbons (Fsp3) is 0.455. The summed E-state index contributed by atoms with van der Waals surface area (Å²) in [5, 5.41) is 0. The Bertz CT molecular complexity index is 992. The summed E-state index contributed by atoms with van der Waals surface area (Å²) in [4.78, 5) is 2.78. The predicted octanol–water partition coefficient (Wildman–Crippen LogP) is 6.27. The van der Waals surface area contributed by atoms with Crippen molar-refractivity contribution in [2.75, 3.05) is 12.5 Å².